The zero-order chi connectivity index (χ0) is 27.8. The maximum atomic E-state index is 13.9. The van der Waals surface area contributed by atoms with Gasteiger partial charge in [-0.1, -0.05) is 48.5 Å². The first-order valence-electron chi connectivity index (χ1n) is 13.2. The topological polar surface area (TPSA) is 71.6 Å². The van der Waals surface area contributed by atoms with Crippen molar-refractivity contribution in [3.8, 4) is 16.9 Å². The van der Waals surface area contributed by atoms with Crippen molar-refractivity contribution in [3.63, 3.8) is 0 Å². The summed E-state index contributed by atoms with van der Waals surface area (Å²) in [7, 11) is 0. The molecule has 8 nitrogen and oxygen atoms in total. The van der Waals surface area contributed by atoms with Gasteiger partial charge in [0, 0.05) is 49.5 Å². The average Bonchev–Trinajstić information content (AvgIpc) is 3.54. The Bertz CT molecular complexity index is 1660. The molecule has 0 aliphatic carbocycles. The summed E-state index contributed by atoms with van der Waals surface area (Å²) in [5.41, 5.74) is 5.44. The molecule has 0 bridgehead atoms. The van der Waals surface area contributed by atoms with E-state index in [4.69, 9.17) is 5.10 Å². The van der Waals surface area contributed by atoms with Gasteiger partial charge in [0.15, 0.2) is 5.65 Å². The fourth-order valence-corrected chi connectivity index (χ4v) is 5.28. The maximum Gasteiger partial charge on any atom is 0.280 e. The predicted octanol–water partition coefficient (Wildman–Crippen LogP) is 5.09. The minimum atomic E-state index is -2.77. The number of piperazine rings is 1. The van der Waals surface area contributed by atoms with E-state index in [1.807, 2.05) is 60.1 Å². The van der Waals surface area contributed by atoms with Crippen LogP contribution in [0.15, 0.2) is 72.9 Å². The number of aryl methyl sites for hydroxylation is 1. The zero-order valence-corrected chi connectivity index (χ0v) is 22.3. The van der Waals surface area contributed by atoms with Gasteiger partial charge in [-0.2, -0.15) is 10.2 Å². The molecule has 3 aromatic heterocycles. The van der Waals surface area contributed by atoms with Crippen molar-refractivity contribution in [2.75, 3.05) is 26.2 Å². The molecular formula is C30H29F2N7O. The summed E-state index contributed by atoms with van der Waals surface area (Å²) >= 11 is 0. The van der Waals surface area contributed by atoms with Crippen LogP contribution < -0.4 is 0 Å². The number of rotatable bonds is 6. The average molecular weight is 542 g/mol. The molecule has 1 aliphatic heterocycles. The van der Waals surface area contributed by atoms with Crippen LogP contribution in [-0.4, -0.2) is 66.3 Å². The van der Waals surface area contributed by atoms with E-state index < -0.39 is 6.43 Å². The van der Waals surface area contributed by atoms with Gasteiger partial charge in [0.2, 0.25) is 0 Å². The first-order chi connectivity index (χ1) is 19.4. The molecule has 0 spiro atoms. The van der Waals surface area contributed by atoms with Crippen LogP contribution in [0.3, 0.4) is 0 Å². The van der Waals surface area contributed by atoms with Crippen molar-refractivity contribution in [3.05, 3.63) is 101 Å². The summed E-state index contributed by atoms with van der Waals surface area (Å²) in [4.78, 5) is 22.2. The number of para-hydroxylation sites is 1. The lowest BCUT2D eigenvalue weighted by atomic mass is 10.1. The quantitative estimate of drug-likeness (QED) is 0.299. The minimum absolute atomic E-state index is 0.142. The van der Waals surface area contributed by atoms with Gasteiger partial charge in [0.05, 0.1) is 23.3 Å². The van der Waals surface area contributed by atoms with Crippen LogP contribution in [-0.2, 0) is 6.54 Å². The van der Waals surface area contributed by atoms with Gasteiger partial charge in [0.1, 0.15) is 11.3 Å². The van der Waals surface area contributed by atoms with Crippen LogP contribution in [0.1, 0.15) is 39.4 Å². The largest absolute Gasteiger partial charge is 0.336 e. The van der Waals surface area contributed by atoms with Crippen LogP contribution in [0.4, 0.5) is 8.78 Å². The Labute approximate surface area is 230 Å². The highest BCUT2D eigenvalue weighted by atomic mass is 19.3. The second-order valence-corrected chi connectivity index (χ2v) is 9.99. The van der Waals surface area contributed by atoms with Crippen molar-refractivity contribution in [1.82, 2.24) is 34.2 Å². The maximum absolute atomic E-state index is 13.9. The van der Waals surface area contributed by atoms with Crippen LogP contribution in [0, 0.1) is 13.8 Å². The van der Waals surface area contributed by atoms with E-state index in [-0.39, 0.29) is 22.8 Å². The highest BCUT2D eigenvalue weighted by molar-refractivity contribution is 6.00. The number of halogens is 2. The van der Waals surface area contributed by atoms with Crippen molar-refractivity contribution >= 4 is 11.6 Å². The standard InChI is InChI=1S/C30H29F2N7O/c1-20-25(21(2)38(35-20)23-11-7-4-8-12-23)19-36-13-15-37(16-14-36)30(40)24-18-33-39-27(28(31)32)17-26(34-29(24)39)22-9-5-3-6-10-22/h3-12,17-18,28H,13-16,19H2,1-2H3. The van der Waals surface area contributed by atoms with Gasteiger partial charge < -0.3 is 4.90 Å². The molecule has 0 N–H and O–H groups in total. The Morgan fingerprint density at radius 1 is 0.950 bits per heavy atom. The van der Waals surface area contributed by atoms with E-state index >= 15 is 0 Å². The normalized spacial score (nSPS) is 14.4. The van der Waals surface area contributed by atoms with Crippen molar-refractivity contribution in [1.29, 1.82) is 0 Å². The van der Waals surface area contributed by atoms with E-state index in [0.29, 0.717) is 37.4 Å². The van der Waals surface area contributed by atoms with Crippen LogP contribution in [0.5, 0.6) is 0 Å². The van der Waals surface area contributed by atoms with E-state index in [1.54, 1.807) is 17.0 Å². The zero-order valence-electron chi connectivity index (χ0n) is 22.3. The molecule has 0 saturated carbocycles. The Morgan fingerprint density at radius 2 is 1.62 bits per heavy atom. The third-order valence-electron chi connectivity index (χ3n) is 7.51. The van der Waals surface area contributed by atoms with Crippen LogP contribution in [0.25, 0.3) is 22.6 Å². The Morgan fingerprint density at radius 3 is 2.30 bits per heavy atom. The Hall–Kier alpha value is -4.44. The fourth-order valence-electron chi connectivity index (χ4n) is 5.28. The Balaban J connectivity index is 1.20. The molecular weight excluding hydrogens is 512 g/mol. The second kappa shape index (κ2) is 10.6. The summed E-state index contributed by atoms with van der Waals surface area (Å²) in [5, 5.41) is 8.87. The molecule has 5 aromatic rings. The first-order valence-corrected chi connectivity index (χ1v) is 13.2. The van der Waals surface area contributed by atoms with Gasteiger partial charge in [-0.3, -0.25) is 9.69 Å². The molecule has 1 saturated heterocycles. The molecule has 204 valence electrons. The fraction of sp³-hybridized carbons (Fsp3) is 0.267. The van der Waals surface area contributed by atoms with Crippen LogP contribution in [0.2, 0.25) is 0 Å². The smallest absolute Gasteiger partial charge is 0.280 e. The number of fused-ring (bicyclic) bond motifs is 1. The van der Waals surface area contributed by atoms with Crippen LogP contribution >= 0.6 is 0 Å². The molecule has 1 fully saturated rings. The summed E-state index contributed by atoms with van der Waals surface area (Å²) in [6.45, 7) is 7.25. The molecule has 0 unspecified atom stereocenters. The van der Waals surface area contributed by atoms with E-state index in [0.717, 1.165) is 28.1 Å². The molecule has 2 aromatic carbocycles. The highest BCUT2D eigenvalue weighted by Crippen LogP contribution is 2.27. The number of carbonyl (C=O) groups is 1. The summed E-state index contributed by atoms with van der Waals surface area (Å²) in [5.74, 6) is -0.253. The summed E-state index contributed by atoms with van der Waals surface area (Å²) < 4.78 is 30.9. The third-order valence-corrected chi connectivity index (χ3v) is 7.51. The first kappa shape index (κ1) is 25.8. The van der Waals surface area contributed by atoms with Gasteiger partial charge in [-0.05, 0) is 32.0 Å². The van der Waals surface area contributed by atoms with Crippen molar-refractivity contribution < 1.29 is 13.6 Å². The number of amides is 1. The molecule has 10 heteroatoms. The van der Waals surface area contributed by atoms with Crippen molar-refractivity contribution in [2.45, 2.75) is 26.8 Å². The lowest BCUT2D eigenvalue weighted by Gasteiger charge is -2.34. The summed E-state index contributed by atoms with van der Waals surface area (Å²) in [6, 6.07) is 20.5. The number of alkyl halides is 2. The lowest BCUT2D eigenvalue weighted by molar-refractivity contribution is 0.0629. The lowest BCUT2D eigenvalue weighted by Crippen LogP contribution is -2.48. The molecule has 1 aliphatic rings. The third kappa shape index (κ3) is 4.75. The molecule has 40 heavy (non-hydrogen) atoms. The van der Waals surface area contributed by atoms with Gasteiger partial charge in [-0.15, -0.1) is 0 Å². The van der Waals surface area contributed by atoms with Gasteiger partial charge in [-0.25, -0.2) is 23.0 Å². The number of nitrogens with zero attached hydrogens (tertiary/aromatic N) is 7. The molecule has 4 heterocycles. The van der Waals surface area contributed by atoms with E-state index in [1.165, 1.54) is 17.8 Å². The van der Waals surface area contributed by atoms with Gasteiger partial charge >= 0.3 is 0 Å². The molecule has 0 atom stereocenters. The van der Waals surface area contributed by atoms with Crippen molar-refractivity contribution in [2.24, 2.45) is 0 Å². The SMILES string of the molecule is Cc1nn(-c2ccccc2)c(C)c1CN1CCN(C(=O)c2cnn3c(C(F)F)cc(-c4ccccc4)nc23)CC1. The number of hydrogen-bond acceptors (Lipinski definition) is 5. The second-order valence-electron chi connectivity index (χ2n) is 9.99. The Kier molecular flexibility index (Phi) is 6.85. The molecule has 0 radical (unpaired) electrons. The summed E-state index contributed by atoms with van der Waals surface area (Å²) in [6.07, 6.45) is -1.42. The molecule has 1 amide bonds. The monoisotopic (exact) mass is 541 g/mol. The molecule has 6 rings (SSSR count). The number of carbonyl (C=O) groups excluding carboxylic acids is 1. The number of aromatic nitrogens is 5. The predicted molar refractivity (Wildman–Crippen MR) is 148 cm³/mol. The van der Waals surface area contributed by atoms with Gasteiger partial charge in [0.25, 0.3) is 12.3 Å². The number of hydrogen-bond donors (Lipinski definition) is 0. The number of benzene rings is 2. The van der Waals surface area contributed by atoms with E-state index in [9.17, 15) is 13.6 Å². The highest BCUT2D eigenvalue weighted by Gasteiger charge is 2.28. The van der Waals surface area contributed by atoms with E-state index in [2.05, 4.69) is 21.9 Å². The minimum Gasteiger partial charge on any atom is -0.336 e.